The van der Waals surface area contributed by atoms with Gasteiger partial charge in [-0.3, -0.25) is 4.68 Å². The summed E-state index contributed by atoms with van der Waals surface area (Å²) in [5, 5.41) is 4.49. The molecule has 1 aliphatic rings. The van der Waals surface area contributed by atoms with E-state index in [4.69, 9.17) is 0 Å². The summed E-state index contributed by atoms with van der Waals surface area (Å²) < 4.78 is 2.00. The first-order chi connectivity index (χ1) is 7.20. The fraction of sp³-hybridized carbons (Fsp3) is 0.583. The zero-order valence-electron chi connectivity index (χ0n) is 9.82. The van der Waals surface area contributed by atoms with Gasteiger partial charge in [0.2, 0.25) is 0 Å². The van der Waals surface area contributed by atoms with Crippen molar-refractivity contribution < 1.29 is 0 Å². The van der Waals surface area contributed by atoms with Gasteiger partial charge in [0.25, 0.3) is 0 Å². The second-order valence-corrected chi connectivity index (χ2v) is 4.25. The van der Waals surface area contributed by atoms with Crippen LogP contribution < -0.4 is 0 Å². The highest BCUT2D eigenvalue weighted by atomic mass is 15.3. The predicted octanol–water partition coefficient (Wildman–Crippen LogP) is 1.70. The number of rotatable bonds is 2. The summed E-state index contributed by atoms with van der Waals surface area (Å²) in [6.07, 6.45) is 4.51. The number of aryl methyl sites for hydroxylation is 2. The van der Waals surface area contributed by atoms with Gasteiger partial charge in [-0.15, -0.1) is 0 Å². The van der Waals surface area contributed by atoms with Crippen molar-refractivity contribution in [2.75, 3.05) is 20.1 Å². The molecule has 2 heterocycles. The average Bonchev–Trinajstić information content (AvgIpc) is 2.60. The van der Waals surface area contributed by atoms with Crippen LogP contribution in [0.5, 0.6) is 0 Å². The summed E-state index contributed by atoms with van der Waals surface area (Å²) in [6, 6.07) is 2.21. The molecule has 0 atom stereocenters. The molecule has 0 radical (unpaired) electrons. The van der Waals surface area contributed by atoms with Crippen LogP contribution in [0, 0.1) is 0 Å². The molecule has 0 saturated carbocycles. The van der Waals surface area contributed by atoms with Gasteiger partial charge in [0, 0.05) is 20.1 Å². The molecule has 1 aromatic heterocycles. The fourth-order valence-electron chi connectivity index (χ4n) is 2.08. The van der Waals surface area contributed by atoms with Crippen molar-refractivity contribution >= 4 is 5.57 Å². The highest BCUT2D eigenvalue weighted by Gasteiger charge is 2.14. The first-order valence-corrected chi connectivity index (χ1v) is 5.61. The van der Waals surface area contributed by atoms with E-state index in [1.54, 1.807) is 0 Å². The van der Waals surface area contributed by atoms with Crippen LogP contribution >= 0.6 is 0 Å². The van der Waals surface area contributed by atoms with Crippen LogP contribution in [0.15, 0.2) is 12.1 Å². The topological polar surface area (TPSA) is 21.1 Å². The van der Waals surface area contributed by atoms with Gasteiger partial charge < -0.3 is 4.90 Å². The maximum absolute atomic E-state index is 4.49. The van der Waals surface area contributed by atoms with Crippen LogP contribution in [-0.4, -0.2) is 34.8 Å². The Morgan fingerprint density at radius 1 is 1.40 bits per heavy atom. The lowest BCUT2D eigenvalue weighted by atomic mass is 10.1. The molecule has 1 aliphatic heterocycles. The molecule has 82 valence electrons. The number of nitrogens with zero attached hydrogens (tertiary/aromatic N) is 3. The molecule has 15 heavy (non-hydrogen) atoms. The minimum Gasteiger partial charge on any atom is -0.302 e. The van der Waals surface area contributed by atoms with Crippen molar-refractivity contribution in [2.24, 2.45) is 7.05 Å². The Bertz CT molecular complexity index is 376. The van der Waals surface area contributed by atoms with E-state index < -0.39 is 0 Å². The quantitative estimate of drug-likeness (QED) is 0.732. The van der Waals surface area contributed by atoms with E-state index in [1.165, 1.54) is 23.5 Å². The van der Waals surface area contributed by atoms with E-state index >= 15 is 0 Å². The van der Waals surface area contributed by atoms with Crippen molar-refractivity contribution in [3.63, 3.8) is 0 Å². The molecule has 0 fully saturated rings. The highest BCUT2D eigenvalue weighted by molar-refractivity contribution is 5.65. The molecule has 0 bridgehead atoms. The standard InChI is InChI=1S/C12H19N3/c1-4-11-8-12(15(3)13-11)10-6-5-7-14(2)9-10/h6,8H,4-5,7,9H2,1-3H3. The lowest BCUT2D eigenvalue weighted by Gasteiger charge is -2.22. The summed E-state index contributed by atoms with van der Waals surface area (Å²) in [6.45, 7) is 4.36. The van der Waals surface area contributed by atoms with Crippen LogP contribution in [0.1, 0.15) is 24.7 Å². The normalized spacial score (nSPS) is 17.9. The fourth-order valence-corrected chi connectivity index (χ4v) is 2.08. The zero-order valence-corrected chi connectivity index (χ0v) is 9.82. The van der Waals surface area contributed by atoms with E-state index in [2.05, 4.69) is 36.1 Å². The van der Waals surface area contributed by atoms with Gasteiger partial charge in [0.15, 0.2) is 0 Å². The highest BCUT2D eigenvalue weighted by Crippen LogP contribution is 2.20. The SMILES string of the molecule is CCc1cc(C2=CCCN(C)C2)n(C)n1. The summed E-state index contributed by atoms with van der Waals surface area (Å²) in [4.78, 5) is 2.36. The Morgan fingerprint density at radius 3 is 2.80 bits per heavy atom. The van der Waals surface area contributed by atoms with E-state index in [0.717, 1.165) is 19.4 Å². The van der Waals surface area contributed by atoms with Crippen molar-refractivity contribution in [1.82, 2.24) is 14.7 Å². The molecule has 0 amide bonds. The van der Waals surface area contributed by atoms with Crippen LogP contribution in [0.2, 0.25) is 0 Å². The Balaban J connectivity index is 2.28. The van der Waals surface area contributed by atoms with E-state index in [9.17, 15) is 0 Å². The lowest BCUT2D eigenvalue weighted by Crippen LogP contribution is -2.25. The van der Waals surface area contributed by atoms with Crippen molar-refractivity contribution in [3.8, 4) is 0 Å². The zero-order chi connectivity index (χ0) is 10.8. The second-order valence-electron chi connectivity index (χ2n) is 4.25. The second kappa shape index (κ2) is 4.19. The van der Waals surface area contributed by atoms with Crippen molar-refractivity contribution in [2.45, 2.75) is 19.8 Å². The monoisotopic (exact) mass is 205 g/mol. The number of hydrogen-bond donors (Lipinski definition) is 0. The molecule has 2 rings (SSSR count). The van der Waals surface area contributed by atoms with E-state index in [1.807, 2.05) is 11.7 Å². The molecule has 1 aromatic rings. The third-order valence-corrected chi connectivity index (χ3v) is 2.96. The first-order valence-electron chi connectivity index (χ1n) is 5.61. The molecule has 0 unspecified atom stereocenters. The summed E-state index contributed by atoms with van der Waals surface area (Å²) in [5.41, 5.74) is 3.87. The van der Waals surface area contributed by atoms with Crippen LogP contribution in [0.3, 0.4) is 0 Å². The van der Waals surface area contributed by atoms with Crippen LogP contribution in [-0.2, 0) is 13.5 Å². The third kappa shape index (κ3) is 2.12. The number of likely N-dealkylation sites (N-methyl/N-ethyl adjacent to an activating group) is 1. The van der Waals surface area contributed by atoms with E-state index in [0.29, 0.717) is 0 Å². The minimum atomic E-state index is 1.01. The summed E-state index contributed by atoms with van der Waals surface area (Å²) in [5.74, 6) is 0. The lowest BCUT2D eigenvalue weighted by molar-refractivity contribution is 0.372. The molecule has 0 spiro atoms. The molecule has 0 aromatic carbocycles. The molecular formula is C12H19N3. The Kier molecular flexibility index (Phi) is 2.91. The summed E-state index contributed by atoms with van der Waals surface area (Å²) >= 11 is 0. The Hall–Kier alpha value is -1.09. The smallest absolute Gasteiger partial charge is 0.0651 e. The average molecular weight is 205 g/mol. The van der Waals surface area contributed by atoms with Gasteiger partial charge in [-0.2, -0.15) is 5.10 Å². The van der Waals surface area contributed by atoms with Gasteiger partial charge in [0.05, 0.1) is 11.4 Å². The predicted molar refractivity (Wildman–Crippen MR) is 62.7 cm³/mol. The Morgan fingerprint density at radius 2 is 2.20 bits per heavy atom. The maximum atomic E-state index is 4.49. The number of hydrogen-bond acceptors (Lipinski definition) is 2. The van der Waals surface area contributed by atoms with Crippen molar-refractivity contribution in [3.05, 3.63) is 23.5 Å². The van der Waals surface area contributed by atoms with Crippen molar-refractivity contribution in [1.29, 1.82) is 0 Å². The number of aromatic nitrogens is 2. The van der Waals surface area contributed by atoms with Gasteiger partial charge in [-0.1, -0.05) is 13.0 Å². The molecular weight excluding hydrogens is 186 g/mol. The summed E-state index contributed by atoms with van der Waals surface area (Å²) in [7, 11) is 4.20. The van der Waals surface area contributed by atoms with Gasteiger partial charge in [-0.05, 0) is 31.5 Å². The largest absolute Gasteiger partial charge is 0.302 e. The molecule has 0 saturated heterocycles. The third-order valence-electron chi connectivity index (χ3n) is 2.96. The Labute approximate surface area is 91.4 Å². The van der Waals surface area contributed by atoms with E-state index in [-0.39, 0.29) is 0 Å². The first kappa shape index (κ1) is 10.4. The minimum absolute atomic E-state index is 1.01. The maximum Gasteiger partial charge on any atom is 0.0651 e. The van der Waals surface area contributed by atoms with Crippen LogP contribution in [0.4, 0.5) is 0 Å². The molecule has 3 heteroatoms. The molecule has 3 nitrogen and oxygen atoms in total. The van der Waals surface area contributed by atoms with Crippen LogP contribution in [0.25, 0.3) is 5.57 Å². The van der Waals surface area contributed by atoms with Gasteiger partial charge in [-0.25, -0.2) is 0 Å². The molecule has 0 aliphatic carbocycles. The van der Waals surface area contributed by atoms with Gasteiger partial charge >= 0.3 is 0 Å². The molecule has 0 N–H and O–H groups in total. The van der Waals surface area contributed by atoms with Gasteiger partial charge in [0.1, 0.15) is 0 Å².